The number of carbonyl (C=O) groups excluding carboxylic acids is 3. The Balaban J connectivity index is 1.76. The first kappa shape index (κ1) is 19.6. The summed E-state index contributed by atoms with van der Waals surface area (Å²) in [6, 6.07) is 12.3. The third-order valence-corrected chi connectivity index (χ3v) is 3.29. The molecule has 0 bridgehead atoms. The van der Waals surface area contributed by atoms with Crippen LogP contribution >= 0.6 is 0 Å². The van der Waals surface area contributed by atoms with Crippen molar-refractivity contribution in [2.24, 2.45) is 0 Å². The standard InChI is InChI=1S/C19H17FN2O5/c1-26-14-6-4-5-13(11-14)9-10-18(24)27-12-17(23)21-22-19(25)15-7-2-3-8-16(15)20/h2-11H,12H2,1H3,(H,21,23)(H,22,25)/b10-9+. The van der Waals surface area contributed by atoms with E-state index in [1.54, 1.807) is 24.3 Å². The van der Waals surface area contributed by atoms with Crippen LogP contribution in [0.2, 0.25) is 0 Å². The van der Waals surface area contributed by atoms with Gasteiger partial charge >= 0.3 is 5.97 Å². The smallest absolute Gasteiger partial charge is 0.331 e. The summed E-state index contributed by atoms with van der Waals surface area (Å²) in [4.78, 5) is 34.9. The van der Waals surface area contributed by atoms with E-state index in [4.69, 9.17) is 9.47 Å². The molecule has 0 aromatic heterocycles. The Kier molecular flexibility index (Phi) is 7.07. The normalized spacial score (nSPS) is 10.3. The number of hydrazine groups is 1. The van der Waals surface area contributed by atoms with Gasteiger partial charge in [0.2, 0.25) is 0 Å². The fourth-order valence-corrected chi connectivity index (χ4v) is 1.97. The van der Waals surface area contributed by atoms with Gasteiger partial charge in [-0.1, -0.05) is 24.3 Å². The number of methoxy groups -OCH3 is 1. The van der Waals surface area contributed by atoms with Crippen molar-refractivity contribution in [2.45, 2.75) is 0 Å². The van der Waals surface area contributed by atoms with Crippen molar-refractivity contribution in [2.75, 3.05) is 13.7 Å². The molecule has 7 nitrogen and oxygen atoms in total. The van der Waals surface area contributed by atoms with Crippen molar-refractivity contribution in [3.05, 3.63) is 71.6 Å². The van der Waals surface area contributed by atoms with Gasteiger partial charge in [0.1, 0.15) is 11.6 Å². The fraction of sp³-hybridized carbons (Fsp3) is 0.105. The van der Waals surface area contributed by atoms with Crippen LogP contribution in [-0.2, 0) is 14.3 Å². The van der Waals surface area contributed by atoms with Gasteiger partial charge < -0.3 is 9.47 Å². The van der Waals surface area contributed by atoms with Crippen LogP contribution in [0.25, 0.3) is 6.08 Å². The first-order valence-electron chi connectivity index (χ1n) is 7.82. The summed E-state index contributed by atoms with van der Waals surface area (Å²) < 4.78 is 23.2. The highest BCUT2D eigenvalue weighted by molar-refractivity contribution is 5.96. The summed E-state index contributed by atoms with van der Waals surface area (Å²) in [5, 5.41) is 0. The van der Waals surface area contributed by atoms with E-state index < -0.39 is 30.2 Å². The highest BCUT2D eigenvalue weighted by Crippen LogP contribution is 2.13. The van der Waals surface area contributed by atoms with Gasteiger partial charge in [-0.25, -0.2) is 9.18 Å². The highest BCUT2D eigenvalue weighted by Gasteiger charge is 2.12. The summed E-state index contributed by atoms with van der Waals surface area (Å²) in [5.41, 5.74) is 4.55. The molecular formula is C19H17FN2O5. The molecule has 8 heteroatoms. The van der Waals surface area contributed by atoms with Crippen molar-refractivity contribution < 1.29 is 28.2 Å². The average Bonchev–Trinajstić information content (AvgIpc) is 2.69. The zero-order valence-corrected chi connectivity index (χ0v) is 14.4. The average molecular weight is 372 g/mol. The van der Waals surface area contributed by atoms with Crippen LogP contribution in [0.5, 0.6) is 5.75 Å². The van der Waals surface area contributed by atoms with Gasteiger partial charge in [-0.15, -0.1) is 0 Å². The summed E-state index contributed by atoms with van der Waals surface area (Å²) in [5.74, 6) is -2.43. The Morgan fingerprint density at radius 3 is 2.59 bits per heavy atom. The number of hydrogen-bond donors (Lipinski definition) is 2. The quantitative estimate of drug-likeness (QED) is 0.459. The minimum atomic E-state index is -0.828. The lowest BCUT2D eigenvalue weighted by Crippen LogP contribution is -2.43. The van der Waals surface area contributed by atoms with E-state index in [9.17, 15) is 18.8 Å². The minimum absolute atomic E-state index is 0.226. The molecule has 27 heavy (non-hydrogen) atoms. The third-order valence-electron chi connectivity index (χ3n) is 3.29. The highest BCUT2D eigenvalue weighted by atomic mass is 19.1. The Hall–Kier alpha value is -3.68. The molecule has 0 fully saturated rings. The van der Waals surface area contributed by atoms with Gasteiger partial charge in [0.25, 0.3) is 11.8 Å². The van der Waals surface area contributed by atoms with Gasteiger partial charge in [-0.05, 0) is 35.9 Å². The van der Waals surface area contributed by atoms with Crippen LogP contribution in [0.15, 0.2) is 54.6 Å². The van der Waals surface area contributed by atoms with E-state index in [1.165, 1.54) is 31.4 Å². The maximum absolute atomic E-state index is 13.4. The number of hydrogen-bond acceptors (Lipinski definition) is 5. The molecule has 140 valence electrons. The van der Waals surface area contributed by atoms with Crippen molar-refractivity contribution in [3.63, 3.8) is 0 Å². The summed E-state index contributed by atoms with van der Waals surface area (Å²) in [6.45, 7) is -0.612. The molecule has 0 saturated carbocycles. The predicted molar refractivity (Wildman–Crippen MR) is 95.0 cm³/mol. The van der Waals surface area contributed by atoms with Crippen molar-refractivity contribution in [3.8, 4) is 5.75 Å². The molecule has 0 heterocycles. The number of benzene rings is 2. The van der Waals surface area contributed by atoms with Crippen LogP contribution in [0.4, 0.5) is 4.39 Å². The molecule has 2 aromatic carbocycles. The maximum atomic E-state index is 13.4. The number of carbonyl (C=O) groups is 3. The van der Waals surface area contributed by atoms with Crippen molar-refractivity contribution >= 4 is 23.9 Å². The van der Waals surface area contributed by atoms with E-state index in [0.717, 1.165) is 12.1 Å². The number of ether oxygens (including phenoxy) is 2. The van der Waals surface area contributed by atoms with E-state index in [-0.39, 0.29) is 5.56 Å². The van der Waals surface area contributed by atoms with E-state index in [0.29, 0.717) is 11.3 Å². The lowest BCUT2D eigenvalue weighted by atomic mass is 10.2. The molecule has 2 amide bonds. The molecule has 0 radical (unpaired) electrons. The largest absolute Gasteiger partial charge is 0.497 e. The summed E-state index contributed by atoms with van der Waals surface area (Å²) in [7, 11) is 1.53. The van der Waals surface area contributed by atoms with Crippen LogP contribution in [0.3, 0.4) is 0 Å². The molecule has 0 saturated heterocycles. The SMILES string of the molecule is COc1cccc(/C=C/C(=O)OCC(=O)NNC(=O)c2ccccc2F)c1. The second-order valence-corrected chi connectivity index (χ2v) is 5.20. The van der Waals surface area contributed by atoms with Crippen molar-refractivity contribution in [1.29, 1.82) is 0 Å². The second-order valence-electron chi connectivity index (χ2n) is 5.20. The first-order valence-corrected chi connectivity index (χ1v) is 7.82. The molecule has 2 rings (SSSR count). The molecule has 0 spiro atoms. The minimum Gasteiger partial charge on any atom is -0.497 e. The number of halogens is 1. The molecule has 2 N–H and O–H groups in total. The third kappa shape index (κ3) is 6.28. The molecular weight excluding hydrogens is 355 g/mol. The molecule has 0 aliphatic heterocycles. The topological polar surface area (TPSA) is 93.7 Å². The predicted octanol–water partition coefficient (Wildman–Crippen LogP) is 1.85. The fourth-order valence-electron chi connectivity index (χ4n) is 1.97. The van der Waals surface area contributed by atoms with Crippen LogP contribution in [-0.4, -0.2) is 31.5 Å². The second kappa shape index (κ2) is 9.71. The van der Waals surface area contributed by atoms with Crippen LogP contribution in [0.1, 0.15) is 15.9 Å². The zero-order chi connectivity index (χ0) is 19.6. The number of esters is 1. The van der Waals surface area contributed by atoms with Gasteiger partial charge in [0.05, 0.1) is 12.7 Å². The Morgan fingerprint density at radius 1 is 1.07 bits per heavy atom. The van der Waals surface area contributed by atoms with Gasteiger partial charge in [0.15, 0.2) is 6.61 Å². The maximum Gasteiger partial charge on any atom is 0.331 e. The van der Waals surface area contributed by atoms with E-state index in [2.05, 4.69) is 0 Å². The Bertz CT molecular complexity index is 867. The summed E-state index contributed by atoms with van der Waals surface area (Å²) in [6.07, 6.45) is 2.66. The molecule has 0 unspecified atom stereocenters. The molecule has 2 aromatic rings. The number of nitrogens with one attached hydrogen (secondary N) is 2. The number of amides is 2. The van der Waals surface area contributed by atoms with Gasteiger partial charge in [0, 0.05) is 6.08 Å². The zero-order valence-electron chi connectivity index (χ0n) is 14.4. The summed E-state index contributed by atoms with van der Waals surface area (Å²) >= 11 is 0. The molecule has 0 aliphatic carbocycles. The van der Waals surface area contributed by atoms with Crippen molar-refractivity contribution in [1.82, 2.24) is 10.9 Å². The monoisotopic (exact) mass is 372 g/mol. The lowest BCUT2D eigenvalue weighted by molar-refractivity contribution is -0.144. The van der Waals surface area contributed by atoms with Gasteiger partial charge in [-0.3, -0.25) is 20.4 Å². The Morgan fingerprint density at radius 2 is 1.85 bits per heavy atom. The molecule has 0 aliphatic rings. The number of rotatable bonds is 6. The van der Waals surface area contributed by atoms with Crippen LogP contribution < -0.4 is 15.6 Å². The lowest BCUT2D eigenvalue weighted by Gasteiger charge is -2.07. The van der Waals surface area contributed by atoms with Gasteiger partial charge in [-0.2, -0.15) is 0 Å². The Labute approximate surface area is 154 Å². The molecule has 0 atom stereocenters. The van der Waals surface area contributed by atoms with E-state index in [1.807, 2.05) is 10.9 Å². The van der Waals surface area contributed by atoms with E-state index >= 15 is 0 Å². The van der Waals surface area contributed by atoms with Crippen LogP contribution in [0, 0.1) is 5.82 Å². The first-order chi connectivity index (χ1) is 13.0.